The zero-order chi connectivity index (χ0) is 30.1. The molecule has 4 N–H and O–H groups in total. The fraction of sp³-hybridized carbons (Fsp3) is 0.406. The number of benzene rings is 2. The first-order chi connectivity index (χ1) is 20.8. The first-order valence-corrected chi connectivity index (χ1v) is 15.0. The Kier molecular flexibility index (Phi) is 7.88. The van der Waals surface area contributed by atoms with Crippen LogP contribution in [0.3, 0.4) is 0 Å². The van der Waals surface area contributed by atoms with Crippen LogP contribution in [0, 0.1) is 0 Å². The first kappa shape index (κ1) is 28.4. The van der Waals surface area contributed by atoms with Crippen LogP contribution in [0.15, 0.2) is 54.7 Å². The zero-order valence-electron chi connectivity index (χ0n) is 24.6. The maximum absolute atomic E-state index is 13.1. The fourth-order valence-corrected chi connectivity index (χ4v) is 5.89. The van der Waals surface area contributed by atoms with Crippen molar-refractivity contribution < 1.29 is 14.4 Å². The highest BCUT2D eigenvalue weighted by Gasteiger charge is 2.31. The van der Waals surface area contributed by atoms with E-state index in [4.69, 9.17) is 10.7 Å². The molecular formula is C32H38N8O3. The van der Waals surface area contributed by atoms with Gasteiger partial charge in [0.25, 0.3) is 11.8 Å². The smallest absolute Gasteiger partial charge is 0.271 e. The van der Waals surface area contributed by atoms with Gasteiger partial charge >= 0.3 is 0 Å². The van der Waals surface area contributed by atoms with E-state index in [1.807, 2.05) is 48.3 Å². The Morgan fingerprint density at radius 2 is 1.72 bits per heavy atom. The van der Waals surface area contributed by atoms with Crippen molar-refractivity contribution in [2.75, 3.05) is 48.3 Å². The lowest BCUT2D eigenvalue weighted by Crippen LogP contribution is -2.54. The molecule has 0 unspecified atom stereocenters. The molecule has 0 spiro atoms. The summed E-state index contributed by atoms with van der Waals surface area (Å²) in [5, 5.41) is 6.44. The average molecular weight is 583 g/mol. The van der Waals surface area contributed by atoms with Crippen molar-refractivity contribution in [3.63, 3.8) is 0 Å². The van der Waals surface area contributed by atoms with E-state index in [0.29, 0.717) is 36.1 Å². The van der Waals surface area contributed by atoms with Gasteiger partial charge in [0.1, 0.15) is 5.82 Å². The average Bonchev–Trinajstić information content (AvgIpc) is 3.86. The minimum absolute atomic E-state index is 0.0432. The number of piperidine rings is 1. The molecule has 3 heterocycles. The normalized spacial score (nSPS) is 20.6. The van der Waals surface area contributed by atoms with E-state index in [1.165, 1.54) is 18.4 Å². The number of carbonyl (C=O) groups excluding carboxylic acids is 3. The second-order valence-electron chi connectivity index (χ2n) is 11.8. The summed E-state index contributed by atoms with van der Waals surface area (Å²) in [4.78, 5) is 52.5. The van der Waals surface area contributed by atoms with Gasteiger partial charge in [-0.3, -0.25) is 14.4 Å². The minimum atomic E-state index is -0.682. The van der Waals surface area contributed by atoms with Crippen molar-refractivity contribution in [1.29, 1.82) is 0 Å². The number of rotatable bonds is 8. The summed E-state index contributed by atoms with van der Waals surface area (Å²) < 4.78 is 0. The van der Waals surface area contributed by atoms with Gasteiger partial charge in [0, 0.05) is 55.7 Å². The van der Waals surface area contributed by atoms with Crippen LogP contribution in [0.2, 0.25) is 0 Å². The molecule has 6 rings (SSSR count). The second kappa shape index (κ2) is 11.9. The molecule has 43 heavy (non-hydrogen) atoms. The third kappa shape index (κ3) is 6.25. The molecule has 224 valence electrons. The molecule has 3 fully saturated rings. The molecule has 0 radical (unpaired) electrons. The van der Waals surface area contributed by atoms with Crippen molar-refractivity contribution in [2.24, 2.45) is 5.73 Å². The third-order valence-corrected chi connectivity index (χ3v) is 8.77. The van der Waals surface area contributed by atoms with Crippen LogP contribution in [0.1, 0.15) is 64.9 Å². The molecule has 11 nitrogen and oxygen atoms in total. The number of nitrogens with one attached hydrogen (secondary N) is 2. The molecule has 0 bridgehead atoms. The molecule has 3 aromatic rings. The number of hydrogen-bond acceptors (Lipinski definition) is 8. The third-order valence-electron chi connectivity index (χ3n) is 8.77. The number of anilines is 4. The predicted molar refractivity (Wildman–Crippen MR) is 166 cm³/mol. The van der Waals surface area contributed by atoms with E-state index in [1.54, 1.807) is 11.1 Å². The van der Waals surface area contributed by atoms with Gasteiger partial charge in [-0.1, -0.05) is 12.1 Å². The number of carbonyl (C=O) groups is 3. The summed E-state index contributed by atoms with van der Waals surface area (Å²) in [7, 11) is 1.81. The lowest BCUT2D eigenvalue weighted by Gasteiger charge is -2.40. The van der Waals surface area contributed by atoms with Crippen LogP contribution < -0.4 is 26.2 Å². The van der Waals surface area contributed by atoms with Gasteiger partial charge in [-0.15, -0.1) is 0 Å². The van der Waals surface area contributed by atoms with Crippen LogP contribution in [0.4, 0.5) is 23.0 Å². The Balaban J connectivity index is 1.15. The van der Waals surface area contributed by atoms with Gasteiger partial charge in [0.05, 0.1) is 12.7 Å². The number of primary amides is 1. The molecule has 2 aromatic carbocycles. The number of amides is 3. The molecule has 3 amide bonds. The Hall–Kier alpha value is -4.67. The van der Waals surface area contributed by atoms with E-state index in [2.05, 4.69) is 39.6 Å². The van der Waals surface area contributed by atoms with Crippen LogP contribution in [-0.4, -0.2) is 77.9 Å². The zero-order valence-corrected chi connectivity index (χ0v) is 24.6. The van der Waals surface area contributed by atoms with Crippen molar-refractivity contribution in [3.8, 4) is 0 Å². The Labute approximate surface area is 251 Å². The summed E-state index contributed by atoms with van der Waals surface area (Å²) in [6.07, 6.45) is 5.75. The summed E-state index contributed by atoms with van der Waals surface area (Å²) >= 11 is 0. The fourth-order valence-electron chi connectivity index (χ4n) is 5.89. The predicted octanol–water partition coefficient (Wildman–Crippen LogP) is 3.26. The molecule has 3 aliphatic rings. The Morgan fingerprint density at radius 3 is 2.40 bits per heavy atom. The molecule has 2 aliphatic heterocycles. The molecule has 1 aromatic heterocycles. The Bertz CT molecular complexity index is 1510. The van der Waals surface area contributed by atoms with Crippen molar-refractivity contribution >= 4 is 40.7 Å². The lowest BCUT2D eigenvalue weighted by atomic mass is 9.97. The van der Waals surface area contributed by atoms with E-state index in [9.17, 15) is 14.4 Å². The van der Waals surface area contributed by atoms with Gasteiger partial charge in [-0.2, -0.15) is 0 Å². The van der Waals surface area contributed by atoms with E-state index in [0.717, 1.165) is 31.6 Å². The molecule has 2 saturated heterocycles. The highest BCUT2D eigenvalue weighted by molar-refractivity contribution is 5.96. The number of likely N-dealkylation sites (N-methyl/N-ethyl adjacent to an activating group) is 1. The number of nitrogens with two attached hydrogens (primary N) is 1. The number of piperazine rings is 1. The molecule has 1 saturated carbocycles. The highest BCUT2D eigenvalue weighted by Crippen LogP contribution is 2.40. The van der Waals surface area contributed by atoms with Crippen molar-refractivity contribution in [3.05, 3.63) is 71.5 Å². The summed E-state index contributed by atoms with van der Waals surface area (Å²) in [6, 6.07) is 15.5. The van der Waals surface area contributed by atoms with Gasteiger partial charge in [0.2, 0.25) is 5.91 Å². The van der Waals surface area contributed by atoms with Crippen LogP contribution in [-0.2, 0) is 4.79 Å². The monoisotopic (exact) mass is 582 g/mol. The SMILES string of the molecule is C[C@@H]1[C@H](NC(=O)c2ccc(C3CC3)cc2)CCCN1c1cnc(C(N)=O)c(Nc2ccc(N3CCN(C)C(=O)C3)cc2)n1. The van der Waals surface area contributed by atoms with Crippen LogP contribution >= 0.6 is 0 Å². The number of aromatic nitrogens is 2. The van der Waals surface area contributed by atoms with Gasteiger partial charge < -0.3 is 31.1 Å². The van der Waals surface area contributed by atoms with Gasteiger partial charge in [-0.25, -0.2) is 9.97 Å². The van der Waals surface area contributed by atoms with Crippen LogP contribution in [0.25, 0.3) is 0 Å². The lowest BCUT2D eigenvalue weighted by molar-refractivity contribution is -0.129. The topological polar surface area (TPSA) is 137 Å². The Morgan fingerprint density at radius 1 is 0.977 bits per heavy atom. The largest absolute Gasteiger partial charge is 0.364 e. The molecule has 11 heteroatoms. The van der Waals surface area contributed by atoms with Crippen LogP contribution in [0.5, 0.6) is 0 Å². The van der Waals surface area contributed by atoms with Gasteiger partial charge in [0.15, 0.2) is 11.5 Å². The molecule has 1 aliphatic carbocycles. The standard InChI is InChI=1S/C32H38N8O3/c1-20-26(36-32(43)23-9-7-22(8-10-23)21-5-6-21)4-3-15-40(20)27-18-34-29(30(33)42)31(37-27)35-24-11-13-25(14-12-24)39-17-16-38(2)28(41)19-39/h7-14,18,20-21,26H,3-6,15-17,19H2,1-2H3,(H2,33,42)(H,35,37)(H,36,43)/t20-,26-/m1/s1. The van der Waals surface area contributed by atoms with E-state index >= 15 is 0 Å². The van der Waals surface area contributed by atoms with E-state index in [-0.39, 0.29) is 35.4 Å². The number of hydrogen-bond donors (Lipinski definition) is 3. The summed E-state index contributed by atoms with van der Waals surface area (Å²) in [6.45, 7) is 4.59. The maximum atomic E-state index is 13.1. The molecule has 2 atom stereocenters. The summed E-state index contributed by atoms with van der Waals surface area (Å²) in [5.41, 5.74) is 9.31. The second-order valence-corrected chi connectivity index (χ2v) is 11.8. The molecular weight excluding hydrogens is 544 g/mol. The summed E-state index contributed by atoms with van der Waals surface area (Å²) in [5.74, 6) is 0.838. The quantitative estimate of drug-likeness (QED) is 0.368. The van der Waals surface area contributed by atoms with Gasteiger partial charge in [-0.05, 0) is 80.5 Å². The number of nitrogens with zero attached hydrogens (tertiary/aromatic N) is 5. The minimum Gasteiger partial charge on any atom is -0.364 e. The highest BCUT2D eigenvalue weighted by atomic mass is 16.2. The van der Waals surface area contributed by atoms with Crippen molar-refractivity contribution in [1.82, 2.24) is 20.2 Å². The van der Waals surface area contributed by atoms with E-state index < -0.39 is 5.91 Å². The maximum Gasteiger partial charge on any atom is 0.271 e. The first-order valence-electron chi connectivity index (χ1n) is 15.0. The van der Waals surface area contributed by atoms with Crippen molar-refractivity contribution in [2.45, 2.75) is 50.6 Å².